The molecule has 15 heavy (non-hydrogen) atoms. The van der Waals surface area contributed by atoms with Gasteiger partial charge in [0.1, 0.15) is 0 Å². The monoisotopic (exact) mass is 213 g/mol. The normalized spacial score (nSPS) is 23.7. The van der Waals surface area contributed by atoms with Crippen LogP contribution in [0.15, 0.2) is 0 Å². The number of hydrogen-bond donors (Lipinski definition) is 2. The first-order chi connectivity index (χ1) is 7.15. The maximum atomic E-state index is 11.7. The number of rotatable bonds is 4. The van der Waals surface area contributed by atoms with E-state index in [0.29, 0.717) is 12.5 Å². The minimum atomic E-state index is -1.32. The molecule has 2 N–H and O–H groups in total. The number of carbonyl (C=O) groups excluding carboxylic acids is 1. The van der Waals surface area contributed by atoms with Gasteiger partial charge in [-0.1, -0.05) is 6.42 Å². The molecule has 2 fully saturated rings. The predicted molar refractivity (Wildman–Crippen MR) is 51.2 cm³/mol. The lowest BCUT2D eigenvalue weighted by Crippen LogP contribution is -2.59. The standard InChI is InChI=1S/C10H15NO4/c12-8(11-4-7-2-1-3-7)10(9(13)14)5-15-6-10/h7H,1-6H2,(H,11,12)(H,13,14). The van der Waals surface area contributed by atoms with Crippen LogP contribution in [0.2, 0.25) is 0 Å². The highest BCUT2D eigenvalue weighted by Crippen LogP contribution is 2.29. The molecule has 2 aliphatic rings. The van der Waals surface area contributed by atoms with Crippen molar-refractivity contribution in [2.24, 2.45) is 11.3 Å². The van der Waals surface area contributed by atoms with Crippen molar-refractivity contribution in [3.63, 3.8) is 0 Å². The summed E-state index contributed by atoms with van der Waals surface area (Å²) in [6, 6.07) is 0. The Balaban J connectivity index is 1.85. The largest absolute Gasteiger partial charge is 0.480 e. The lowest BCUT2D eigenvalue weighted by atomic mass is 9.83. The van der Waals surface area contributed by atoms with Gasteiger partial charge in [0.15, 0.2) is 5.41 Å². The highest BCUT2D eigenvalue weighted by atomic mass is 16.5. The fourth-order valence-corrected chi connectivity index (χ4v) is 1.76. The molecule has 0 unspecified atom stereocenters. The number of carboxylic acids is 1. The van der Waals surface area contributed by atoms with Crippen LogP contribution in [0.25, 0.3) is 0 Å². The van der Waals surface area contributed by atoms with Crippen molar-refractivity contribution in [3.05, 3.63) is 0 Å². The Kier molecular flexibility index (Phi) is 2.65. The van der Waals surface area contributed by atoms with Crippen LogP contribution in [0.1, 0.15) is 19.3 Å². The van der Waals surface area contributed by atoms with E-state index in [9.17, 15) is 9.59 Å². The van der Waals surface area contributed by atoms with E-state index < -0.39 is 17.3 Å². The second-order valence-corrected chi connectivity index (χ2v) is 4.39. The van der Waals surface area contributed by atoms with Gasteiger partial charge in [-0.25, -0.2) is 0 Å². The van der Waals surface area contributed by atoms with Gasteiger partial charge in [0.25, 0.3) is 0 Å². The van der Waals surface area contributed by atoms with Gasteiger partial charge in [-0.15, -0.1) is 0 Å². The summed E-state index contributed by atoms with van der Waals surface area (Å²) in [7, 11) is 0. The van der Waals surface area contributed by atoms with Crippen molar-refractivity contribution in [1.29, 1.82) is 0 Å². The Morgan fingerprint density at radius 2 is 2.07 bits per heavy atom. The molecule has 2 rings (SSSR count). The third-order valence-electron chi connectivity index (χ3n) is 3.32. The SMILES string of the molecule is O=C(O)C1(C(=O)NCC2CCC2)COC1. The summed E-state index contributed by atoms with van der Waals surface area (Å²) in [5.41, 5.74) is -1.32. The molecule has 0 bridgehead atoms. The first-order valence-corrected chi connectivity index (χ1v) is 5.24. The summed E-state index contributed by atoms with van der Waals surface area (Å²) in [5, 5.41) is 11.7. The van der Waals surface area contributed by atoms with Crippen molar-refractivity contribution in [3.8, 4) is 0 Å². The topological polar surface area (TPSA) is 75.6 Å². The summed E-state index contributed by atoms with van der Waals surface area (Å²) >= 11 is 0. The zero-order chi connectivity index (χ0) is 10.9. The number of carbonyl (C=O) groups is 2. The average Bonchev–Trinajstić information content (AvgIpc) is 1.97. The molecule has 1 saturated heterocycles. The van der Waals surface area contributed by atoms with Crippen LogP contribution in [-0.4, -0.2) is 36.7 Å². The summed E-state index contributed by atoms with van der Waals surface area (Å²) in [5.74, 6) is -0.936. The maximum Gasteiger partial charge on any atom is 0.324 e. The van der Waals surface area contributed by atoms with E-state index in [1.54, 1.807) is 0 Å². The van der Waals surface area contributed by atoms with Gasteiger partial charge in [-0.05, 0) is 18.8 Å². The summed E-state index contributed by atoms with van der Waals surface area (Å²) in [6.45, 7) is 0.603. The zero-order valence-electron chi connectivity index (χ0n) is 8.49. The molecule has 1 aliphatic heterocycles. The van der Waals surface area contributed by atoms with Crippen LogP contribution >= 0.6 is 0 Å². The van der Waals surface area contributed by atoms with Gasteiger partial charge < -0.3 is 15.2 Å². The number of amides is 1. The maximum absolute atomic E-state index is 11.7. The molecule has 0 aromatic rings. The molecule has 84 valence electrons. The molecule has 1 amide bonds. The van der Waals surface area contributed by atoms with E-state index in [0.717, 1.165) is 12.8 Å². The fraction of sp³-hybridized carbons (Fsp3) is 0.800. The highest BCUT2D eigenvalue weighted by Gasteiger charge is 2.53. The summed E-state index contributed by atoms with van der Waals surface area (Å²) in [6.07, 6.45) is 3.49. The van der Waals surface area contributed by atoms with Crippen LogP contribution in [0, 0.1) is 11.3 Å². The Morgan fingerprint density at radius 1 is 1.40 bits per heavy atom. The first kappa shape index (κ1) is 10.4. The molecule has 0 atom stereocenters. The lowest BCUT2D eigenvalue weighted by molar-refractivity contribution is -0.185. The van der Waals surface area contributed by atoms with Gasteiger partial charge in [0.2, 0.25) is 5.91 Å². The van der Waals surface area contributed by atoms with Gasteiger partial charge >= 0.3 is 5.97 Å². The van der Waals surface area contributed by atoms with E-state index in [1.165, 1.54) is 6.42 Å². The van der Waals surface area contributed by atoms with E-state index in [1.807, 2.05) is 0 Å². The third-order valence-corrected chi connectivity index (χ3v) is 3.32. The molecule has 1 heterocycles. The van der Waals surface area contributed by atoms with Gasteiger partial charge in [0, 0.05) is 6.54 Å². The highest BCUT2D eigenvalue weighted by molar-refractivity contribution is 6.03. The predicted octanol–water partition coefficient (Wildman–Crippen LogP) is 0.00390. The minimum Gasteiger partial charge on any atom is -0.480 e. The Bertz CT molecular complexity index is 281. The minimum absolute atomic E-state index is 0.00116. The van der Waals surface area contributed by atoms with Crippen LogP contribution in [0.3, 0.4) is 0 Å². The van der Waals surface area contributed by atoms with E-state index in [2.05, 4.69) is 5.32 Å². The van der Waals surface area contributed by atoms with Crippen molar-refractivity contribution >= 4 is 11.9 Å². The third kappa shape index (κ3) is 1.71. The van der Waals surface area contributed by atoms with Crippen molar-refractivity contribution in [2.45, 2.75) is 19.3 Å². The van der Waals surface area contributed by atoms with E-state index in [-0.39, 0.29) is 13.2 Å². The fourth-order valence-electron chi connectivity index (χ4n) is 1.76. The van der Waals surface area contributed by atoms with Crippen LogP contribution in [-0.2, 0) is 14.3 Å². The quantitative estimate of drug-likeness (QED) is 0.645. The van der Waals surface area contributed by atoms with E-state index in [4.69, 9.17) is 9.84 Å². The summed E-state index contributed by atoms with van der Waals surface area (Å²) in [4.78, 5) is 22.6. The van der Waals surface area contributed by atoms with Crippen molar-refractivity contribution < 1.29 is 19.4 Å². The molecule has 5 nitrogen and oxygen atoms in total. The van der Waals surface area contributed by atoms with Crippen LogP contribution in [0.4, 0.5) is 0 Å². The number of ether oxygens (including phenoxy) is 1. The number of carboxylic acid groups (broad SMARTS) is 1. The smallest absolute Gasteiger partial charge is 0.324 e. The second kappa shape index (κ2) is 3.81. The van der Waals surface area contributed by atoms with Gasteiger partial charge in [-0.3, -0.25) is 9.59 Å². The van der Waals surface area contributed by atoms with Crippen molar-refractivity contribution in [2.75, 3.05) is 19.8 Å². The van der Waals surface area contributed by atoms with Crippen molar-refractivity contribution in [1.82, 2.24) is 5.32 Å². The van der Waals surface area contributed by atoms with Gasteiger partial charge in [0.05, 0.1) is 13.2 Å². The molecule has 0 aromatic heterocycles. The molecule has 1 saturated carbocycles. The number of aliphatic carboxylic acids is 1. The van der Waals surface area contributed by atoms with Crippen LogP contribution < -0.4 is 5.32 Å². The first-order valence-electron chi connectivity index (χ1n) is 5.24. The van der Waals surface area contributed by atoms with Gasteiger partial charge in [-0.2, -0.15) is 0 Å². The molecular weight excluding hydrogens is 198 g/mol. The molecule has 0 aromatic carbocycles. The second-order valence-electron chi connectivity index (χ2n) is 4.39. The Labute approximate surface area is 87.8 Å². The molecule has 5 heteroatoms. The van der Waals surface area contributed by atoms with E-state index >= 15 is 0 Å². The average molecular weight is 213 g/mol. The molecular formula is C10H15NO4. The number of nitrogens with one attached hydrogen (secondary N) is 1. The summed E-state index contributed by atoms with van der Waals surface area (Å²) < 4.78 is 4.83. The molecule has 1 aliphatic carbocycles. The molecule has 0 spiro atoms. The Hall–Kier alpha value is -1.10. The van der Waals surface area contributed by atoms with Crippen LogP contribution in [0.5, 0.6) is 0 Å². The molecule has 0 radical (unpaired) electrons. The Morgan fingerprint density at radius 3 is 2.40 bits per heavy atom. The zero-order valence-corrected chi connectivity index (χ0v) is 8.49. The lowest BCUT2D eigenvalue weighted by Gasteiger charge is -2.36. The number of hydrogen-bond acceptors (Lipinski definition) is 3.